The van der Waals surface area contributed by atoms with E-state index in [0.29, 0.717) is 11.8 Å². The smallest absolute Gasteiger partial charge is 0.229 e. The van der Waals surface area contributed by atoms with Gasteiger partial charge in [0.25, 0.3) is 0 Å². The van der Waals surface area contributed by atoms with Crippen molar-refractivity contribution in [1.29, 1.82) is 0 Å². The molecular formula is C19H26N6O. The van der Waals surface area contributed by atoms with Crippen molar-refractivity contribution in [2.24, 2.45) is 5.92 Å². The molecule has 1 amide bonds. The summed E-state index contributed by atoms with van der Waals surface area (Å²) in [5.41, 5.74) is 1.96. The van der Waals surface area contributed by atoms with Crippen LogP contribution in [0, 0.1) is 12.8 Å². The van der Waals surface area contributed by atoms with E-state index >= 15 is 0 Å². The van der Waals surface area contributed by atoms with E-state index in [-0.39, 0.29) is 11.8 Å². The molecule has 7 heteroatoms. The number of hydrogen-bond acceptors (Lipinski definition) is 6. The van der Waals surface area contributed by atoms with E-state index in [1.807, 2.05) is 56.5 Å². The van der Waals surface area contributed by atoms with E-state index in [1.165, 1.54) is 0 Å². The van der Waals surface area contributed by atoms with Crippen molar-refractivity contribution in [2.75, 3.05) is 37.4 Å². The van der Waals surface area contributed by atoms with E-state index in [1.54, 1.807) is 0 Å². The molecule has 1 atom stereocenters. The lowest BCUT2D eigenvalue weighted by Gasteiger charge is -2.31. The minimum absolute atomic E-state index is 0.0203. The number of likely N-dealkylation sites (tertiary alicyclic amines) is 1. The molecule has 0 aromatic carbocycles. The second-order valence-corrected chi connectivity index (χ2v) is 7.01. The highest BCUT2D eigenvalue weighted by atomic mass is 16.2. The van der Waals surface area contributed by atoms with Crippen LogP contribution >= 0.6 is 0 Å². The molecule has 0 spiro atoms. The third-order valence-corrected chi connectivity index (χ3v) is 4.51. The lowest BCUT2D eigenvalue weighted by Crippen LogP contribution is -2.40. The maximum atomic E-state index is 12.6. The van der Waals surface area contributed by atoms with Crippen molar-refractivity contribution in [1.82, 2.24) is 19.9 Å². The van der Waals surface area contributed by atoms with Gasteiger partial charge in [0.05, 0.1) is 5.92 Å². The summed E-state index contributed by atoms with van der Waals surface area (Å²) in [5, 5.41) is 2.95. The van der Waals surface area contributed by atoms with Gasteiger partial charge in [0.2, 0.25) is 11.9 Å². The molecule has 1 aliphatic rings. The normalized spacial score (nSPS) is 17.7. The van der Waals surface area contributed by atoms with Gasteiger partial charge in [-0.1, -0.05) is 6.07 Å². The van der Waals surface area contributed by atoms with Gasteiger partial charge in [0.1, 0.15) is 5.82 Å². The molecule has 1 aliphatic heterocycles. The van der Waals surface area contributed by atoms with E-state index in [9.17, 15) is 4.79 Å². The second-order valence-electron chi connectivity index (χ2n) is 7.01. The average Bonchev–Trinajstić information content (AvgIpc) is 2.62. The molecule has 0 saturated carbocycles. The predicted molar refractivity (Wildman–Crippen MR) is 102 cm³/mol. The number of aromatic nitrogens is 3. The first-order valence-corrected chi connectivity index (χ1v) is 8.96. The zero-order valence-corrected chi connectivity index (χ0v) is 15.6. The quantitative estimate of drug-likeness (QED) is 0.886. The van der Waals surface area contributed by atoms with Crippen LogP contribution in [0.5, 0.6) is 0 Å². The number of nitrogens with zero attached hydrogens (tertiary/aromatic N) is 5. The van der Waals surface area contributed by atoms with E-state index < -0.39 is 0 Å². The maximum absolute atomic E-state index is 12.6. The van der Waals surface area contributed by atoms with E-state index in [2.05, 4.69) is 25.2 Å². The molecule has 26 heavy (non-hydrogen) atoms. The SMILES string of the molecule is Cc1cccc(NC(=O)C2CCCN(Cc3cnc(N(C)C)nc3)C2)n1. The Hall–Kier alpha value is -2.54. The largest absolute Gasteiger partial charge is 0.347 e. The highest BCUT2D eigenvalue weighted by Crippen LogP contribution is 2.20. The van der Waals surface area contributed by atoms with Gasteiger partial charge < -0.3 is 10.2 Å². The maximum Gasteiger partial charge on any atom is 0.229 e. The first kappa shape index (κ1) is 18.3. The van der Waals surface area contributed by atoms with E-state index in [4.69, 9.17) is 0 Å². The van der Waals surface area contributed by atoms with Crippen molar-refractivity contribution < 1.29 is 4.79 Å². The molecule has 3 heterocycles. The van der Waals surface area contributed by atoms with Crippen molar-refractivity contribution in [3.8, 4) is 0 Å². The number of piperidine rings is 1. The summed E-state index contributed by atoms with van der Waals surface area (Å²) in [5.74, 6) is 1.36. The fraction of sp³-hybridized carbons (Fsp3) is 0.474. The predicted octanol–water partition coefficient (Wildman–Crippen LogP) is 2.10. The van der Waals surface area contributed by atoms with Crippen LogP contribution in [0.25, 0.3) is 0 Å². The zero-order valence-electron chi connectivity index (χ0n) is 15.6. The Morgan fingerprint density at radius 2 is 2.08 bits per heavy atom. The topological polar surface area (TPSA) is 74.2 Å². The summed E-state index contributed by atoms with van der Waals surface area (Å²) >= 11 is 0. The van der Waals surface area contributed by atoms with Crippen LogP contribution in [0.1, 0.15) is 24.1 Å². The second kappa shape index (κ2) is 8.23. The van der Waals surface area contributed by atoms with Crippen LogP contribution in [-0.2, 0) is 11.3 Å². The highest BCUT2D eigenvalue weighted by Gasteiger charge is 2.26. The van der Waals surface area contributed by atoms with Crippen LogP contribution in [0.4, 0.5) is 11.8 Å². The van der Waals surface area contributed by atoms with Crippen LogP contribution in [0.15, 0.2) is 30.6 Å². The molecular weight excluding hydrogens is 328 g/mol. The number of pyridine rings is 1. The average molecular weight is 354 g/mol. The fourth-order valence-corrected chi connectivity index (χ4v) is 3.17. The van der Waals surface area contributed by atoms with Crippen molar-refractivity contribution >= 4 is 17.7 Å². The van der Waals surface area contributed by atoms with Crippen molar-refractivity contribution in [2.45, 2.75) is 26.3 Å². The number of nitrogens with one attached hydrogen (secondary N) is 1. The molecule has 3 rings (SSSR count). The number of hydrogen-bond donors (Lipinski definition) is 1. The van der Waals surface area contributed by atoms with Crippen LogP contribution in [-0.4, -0.2) is 52.9 Å². The number of aryl methyl sites for hydroxylation is 1. The molecule has 1 saturated heterocycles. The van der Waals surface area contributed by atoms with Gasteiger partial charge in [-0.2, -0.15) is 0 Å². The number of carbonyl (C=O) groups is 1. The first-order valence-electron chi connectivity index (χ1n) is 8.96. The van der Waals surface area contributed by atoms with Gasteiger partial charge in [-0.05, 0) is 38.4 Å². The Kier molecular flexibility index (Phi) is 5.78. The van der Waals surface area contributed by atoms with Gasteiger partial charge in [-0.3, -0.25) is 9.69 Å². The first-order chi connectivity index (χ1) is 12.5. The van der Waals surface area contributed by atoms with Crippen LogP contribution in [0.3, 0.4) is 0 Å². The number of amides is 1. The minimum atomic E-state index is -0.0203. The molecule has 1 N–H and O–H groups in total. The molecule has 138 valence electrons. The molecule has 0 bridgehead atoms. The molecule has 1 unspecified atom stereocenters. The monoisotopic (exact) mass is 354 g/mol. The molecule has 0 radical (unpaired) electrons. The van der Waals surface area contributed by atoms with Gasteiger partial charge >= 0.3 is 0 Å². The fourth-order valence-electron chi connectivity index (χ4n) is 3.17. The zero-order chi connectivity index (χ0) is 18.5. The van der Waals surface area contributed by atoms with Crippen LogP contribution < -0.4 is 10.2 Å². The van der Waals surface area contributed by atoms with Crippen LogP contribution in [0.2, 0.25) is 0 Å². The minimum Gasteiger partial charge on any atom is -0.347 e. The van der Waals surface area contributed by atoms with Crippen molar-refractivity contribution in [3.05, 3.63) is 41.9 Å². The molecule has 0 aliphatic carbocycles. The summed E-state index contributed by atoms with van der Waals surface area (Å²) in [6.07, 6.45) is 5.64. The highest BCUT2D eigenvalue weighted by molar-refractivity contribution is 5.91. The van der Waals surface area contributed by atoms with Gasteiger partial charge in [-0.25, -0.2) is 15.0 Å². The molecule has 7 nitrogen and oxygen atoms in total. The molecule has 1 fully saturated rings. The summed E-state index contributed by atoms with van der Waals surface area (Å²) in [6, 6.07) is 5.65. The van der Waals surface area contributed by atoms with Crippen molar-refractivity contribution in [3.63, 3.8) is 0 Å². The number of anilines is 2. The standard InChI is InChI=1S/C19H26N6O/c1-14-6-4-8-17(22-14)23-18(26)16-7-5-9-25(13-16)12-15-10-20-19(21-11-15)24(2)3/h4,6,8,10-11,16H,5,7,9,12-13H2,1-3H3,(H,22,23,26). The Morgan fingerprint density at radius 1 is 1.31 bits per heavy atom. The Labute approximate surface area is 154 Å². The third kappa shape index (κ3) is 4.76. The lowest BCUT2D eigenvalue weighted by atomic mass is 9.97. The summed E-state index contributed by atoms with van der Waals surface area (Å²) in [7, 11) is 3.85. The van der Waals surface area contributed by atoms with Gasteiger partial charge in [0.15, 0.2) is 0 Å². The molecule has 2 aromatic heterocycles. The Balaban J connectivity index is 1.57. The Bertz CT molecular complexity index is 746. The third-order valence-electron chi connectivity index (χ3n) is 4.51. The number of rotatable bonds is 5. The number of carbonyl (C=O) groups excluding carboxylic acids is 1. The molecule has 2 aromatic rings. The Morgan fingerprint density at radius 3 is 2.77 bits per heavy atom. The summed E-state index contributed by atoms with van der Waals surface area (Å²) < 4.78 is 0. The lowest BCUT2D eigenvalue weighted by molar-refractivity contribution is -0.121. The van der Waals surface area contributed by atoms with Gasteiger partial charge in [-0.15, -0.1) is 0 Å². The summed E-state index contributed by atoms with van der Waals surface area (Å²) in [4.78, 5) is 29.8. The summed E-state index contributed by atoms with van der Waals surface area (Å²) in [6.45, 7) is 4.41. The van der Waals surface area contributed by atoms with Gasteiger partial charge in [0, 0.05) is 50.8 Å². The van der Waals surface area contributed by atoms with E-state index in [0.717, 1.165) is 43.7 Å².